The Bertz CT molecular complexity index is 532. The molecule has 6 heteroatoms. The first-order chi connectivity index (χ1) is 8.15. The second kappa shape index (κ2) is 5.11. The summed E-state index contributed by atoms with van der Waals surface area (Å²) >= 11 is 4.73. The Hall–Kier alpha value is -1.66. The van der Waals surface area contributed by atoms with Crippen LogP contribution >= 0.6 is 12.2 Å². The van der Waals surface area contributed by atoms with Crippen LogP contribution in [0.4, 0.5) is 5.69 Å². The van der Waals surface area contributed by atoms with Crippen LogP contribution in [0.2, 0.25) is 0 Å². The molecule has 0 aliphatic carbocycles. The number of nitrogens with zero attached hydrogens (tertiary/aromatic N) is 1. The van der Waals surface area contributed by atoms with Crippen LogP contribution in [0.5, 0.6) is 0 Å². The smallest absolute Gasteiger partial charge is 0.284 e. The van der Waals surface area contributed by atoms with E-state index in [4.69, 9.17) is 16.6 Å². The van der Waals surface area contributed by atoms with Crippen molar-refractivity contribution in [3.63, 3.8) is 0 Å². The van der Waals surface area contributed by atoms with E-state index in [0.717, 1.165) is 5.69 Å². The molecule has 0 radical (unpaired) electrons. The molecular weight excluding hydrogens is 238 g/mol. The highest BCUT2D eigenvalue weighted by atomic mass is 32.1. The number of hydrogen-bond acceptors (Lipinski definition) is 5. The summed E-state index contributed by atoms with van der Waals surface area (Å²) in [6.07, 6.45) is -0.829. The maximum Gasteiger partial charge on any atom is 0.284 e. The van der Waals surface area contributed by atoms with Crippen molar-refractivity contribution in [1.29, 1.82) is 0 Å². The van der Waals surface area contributed by atoms with Crippen LogP contribution < -0.4 is 5.32 Å². The number of nitrogens with one attached hydrogen (secondary N) is 2. The first kappa shape index (κ1) is 11.8. The number of aliphatic hydroxyl groups excluding tert-OH is 1. The van der Waals surface area contributed by atoms with E-state index in [9.17, 15) is 5.11 Å². The molecule has 2 aromatic rings. The van der Waals surface area contributed by atoms with E-state index in [0.29, 0.717) is 6.54 Å². The normalized spacial score (nSPS) is 12.4. The van der Waals surface area contributed by atoms with Crippen molar-refractivity contribution in [2.24, 2.45) is 0 Å². The fourth-order valence-corrected chi connectivity index (χ4v) is 1.49. The van der Waals surface area contributed by atoms with Crippen LogP contribution in [0.1, 0.15) is 17.6 Å². The average molecular weight is 251 g/mol. The van der Waals surface area contributed by atoms with Gasteiger partial charge in [0.2, 0.25) is 5.89 Å². The van der Waals surface area contributed by atoms with E-state index in [1.165, 1.54) is 5.56 Å². The molecule has 0 aliphatic heterocycles. The first-order valence-electron chi connectivity index (χ1n) is 5.19. The lowest BCUT2D eigenvalue weighted by Gasteiger charge is -2.09. The molecule has 3 N–H and O–H groups in total. The summed E-state index contributed by atoms with van der Waals surface area (Å²) in [4.78, 5) is 0.161. The predicted octanol–water partition coefficient (Wildman–Crippen LogP) is 2.19. The van der Waals surface area contributed by atoms with E-state index >= 15 is 0 Å². The van der Waals surface area contributed by atoms with Gasteiger partial charge in [0.05, 0.1) is 0 Å². The molecule has 0 fully saturated rings. The van der Waals surface area contributed by atoms with Crippen molar-refractivity contribution in [3.8, 4) is 0 Å². The molecule has 0 amide bonds. The molecule has 1 atom stereocenters. The van der Waals surface area contributed by atoms with Crippen LogP contribution in [-0.4, -0.2) is 21.8 Å². The van der Waals surface area contributed by atoms with Crippen LogP contribution in [-0.2, 0) is 0 Å². The zero-order chi connectivity index (χ0) is 12.3. The SMILES string of the molecule is Cc1ccc(NCC(O)c2n[nH]c(=S)o2)cc1. The Labute approximate surface area is 103 Å². The fraction of sp³-hybridized carbons (Fsp3) is 0.273. The van der Waals surface area contributed by atoms with Gasteiger partial charge in [0.15, 0.2) is 0 Å². The van der Waals surface area contributed by atoms with Crippen molar-refractivity contribution in [3.05, 3.63) is 40.6 Å². The van der Waals surface area contributed by atoms with Gasteiger partial charge in [0.25, 0.3) is 4.84 Å². The van der Waals surface area contributed by atoms with E-state index < -0.39 is 6.10 Å². The molecule has 2 rings (SSSR count). The molecule has 0 aliphatic rings. The number of aromatic nitrogens is 2. The number of H-pyrrole nitrogens is 1. The highest BCUT2D eigenvalue weighted by Gasteiger charge is 2.12. The first-order valence-corrected chi connectivity index (χ1v) is 5.60. The van der Waals surface area contributed by atoms with Gasteiger partial charge in [-0.2, -0.15) is 0 Å². The van der Waals surface area contributed by atoms with Gasteiger partial charge in [-0.3, -0.25) is 0 Å². The van der Waals surface area contributed by atoms with Gasteiger partial charge < -0.3 is 14.8 Å². The van der Waals surface area contributed by atoms with E-state index in [1.54, 1.807) is 0 Å². The maximum absolute atomic E-state index is 9.76. The Morgan fingerprint density at radius 2 is 2.18 bits per heavy atom. The highest BCUT2D eigenvalue weighted by molar-refractivity contribution is 7.71. The van der Waals surface area contributed by atoms with Crippen LogP contribution in [0.3, 0.4) is 0 Å². The molecule has 0 bridgehead atoms. The maximum atomic E-state index is 9.76. The third kappa shape index (κ3) is 3.15. The van der Waals surface area contributed by atoms with Crippen LogP contribution in [0.15, 0.2) is 28.7 Å². The summed E-state index contributed by atoms with van der Waals surface area (Å²) in [6.45, 7) is 2.33. The monoisotopic (exact) mass is 251 g/mol. The van der Waals surface area contributed by atoms with Gasteiger partial charge in [0, 0.05) is 12.2 Å². The molecule has 0 saturated heterocycles. The van der Waals surface area contributed by atoms with Gasteiger partial charge in [-0.15, -0.1) is 5.10 Å². The van der Waals surface area contributed by atoms with Crippen molar-refractivity contribution in [2.75, 3.05) is 11.9 Å². The minimum absolute atomic E-state index is 0.161. The predicted molar refractivity (Wildman–Crippen MR) is 66.3 cm³/mol. The van der Waals surface area contributed by atoms with Crippen molar-refractivity contribution in [1.82, 2.24) is 10.2 Å². The minimum Gasteiger partial charge on any atom is -0.411 e. The zero-order valence-electron chi connectivity index (χ0n) is 9.30. The van der Waals surface area contributed by atoms with Gasteiger partial charge in [-0.1, -0.05) is 17.7 Å². The van der Waals surface area contributed by atoms with E-state index in [2.05, 4.69) is 15.5 Å². The zero-order valence-corrected chi connectivity index (χ0v) is 10.1. The van der Waals surface area contributed by atoms with Gasteiger partial charge in [-0.05, 0) is 31.3 Å². The largest absolute Gasteiger partial charge is 0.411 e. The Balaban J connectivity index is 1.94. The number of aromatic amines is 1. The Morgan fingerprint density at radius 3 is 2.76 bits per heavy atom. The fourth-order valence-electron chi connectivity index (χ4n) is 1.36. The second-order valence-electron chi connectivity index (χ2n) is 3.71. The second-order valence-corrected chi connectivity index (χ2v) is 4.08. The highest BCUT2D eigenvalue weighted by Crippen LogP contribution is 2.13. The van der Waals surface area contributed by atoms with Crippen LogP contribution in [0, 0.1) is 11.8 Å². The van der Waals surface area contributed by atoms with E-state index in [-0.39, 0.29) is 10.7 Å². The summed E-state index contributed by atoms with van der Waals surface area (Å²) in [5.74, 6) is 0.189. The quantitative estimate of drug-likeness (QED) is 0.726. The standard InChI is InChI=1S/C11H13N3O2S/c1-7-2-4-8(5-3-7)12-6-9(15)10-13-14-11(17)16-10/h2-5,9,12,15H,6H2,1H3,(H,14,17). The molecule has 1 aromatic carbocycles. The molecule has 90 valence electrons. The third-order valence-electron chi connectivity index (χ3n) is 2.29. The van der Waals surface area contributed by atoms with Crippen molar-refractivity contribution in [2.45, 2.75) is 13.0 Å². The number of hydrogen-bond donors (Lipinski definition) is 3. The molecule has 1 unspecified atom stereocenters. The number of aryl methyl sites for hydroxylation is 1. The topological polar surface area (TPSA) is 74.1 Å². The Kier molecular flexibility index (Phi) is 3.55. The summed E-state index contributed by atoms with van der Waals surface area (Å²) < 4.78 is 5.01. The summed E-state index contributed by atoms with van der Waals surface area (Å²) in [5.41, 5.74) is 2.12. The molecule has 0 saturated carbocycles. The van der Waals surface area contributed by atoms with Gasteiger partial charge >= 0.3 is 0 Å². The van der Waals surface area contributed by atoms with Crippen LogP contribution in [0.25, 0.3) is 0 Å². The van der Waals surface area contributed by atoms with Gasteiger partial charge in [0.1, 0.15) is 6.10 Å². The molecular formula is C11H13N3O2S. The number of anilines is 1. The third-order valence-corrected chi connectivity index (χ3v) is 2.47. The lowest BCUT2D eigenvalue weighted by molar-refractivity contribution is 0.155. The van der Waals surface area contributed by atoms with Gasteiger partial charge in [-0.25, -0.2) is 5.10 Å². The lowest BCUT2D eigenvalue weighted by atomic mass is 10.2. The van der Waals surface area contributed by atoms with Crippen molar-refractivity contribution < 1.29 is 9.52 Å². The molecule has 1 aromatic heterocycles. The molecule has 5 nitrogen and oxygen atoms in total. The summed E-state index contributed by atoms with van der Waals surface area (Å²) in [5, 5.41) is 19.1. The molecule has 0 spiro atoms. The summed E-state index contributed by atoms with van der Waals surface area (Å²) in [7, 11) is 0. The lowest BCUT2D eigenvalue weighted by Crippen LogP contribution is -2.12. The van der Waals surface area contributed by atoms with Crippen molar-refractivity contribution >= 4 is 17.9 Å². The van der Waals surface area contributed by atoms with E-state index in [1.807, 2.05) is 31.2 Å². The number of aliphatic hydroxyl groups is 1. The molecule has 17 heavy (non-hydrogen) atoms. The minimum atomic E-state index is -0.829. The molecule has 1 heterocycles. The number of benzene rings is 1. The average Bonchev–Trinajstić information content (AvgIpc) is 2.75. The number of rotatable bonds is 4. The summed E-state index contributed by atoms with van der Waals surface area (Å²) in [6, 6.07) is 7.88. The Morgan fingerprint density at radius 1 is 1.47 bits per heavy atom.